The normalized spacial score (nSPS) is 11.0. The largest absolute Gasteiger partial charge is 0.381 e. The molecule has 0 aliphatic carbocycles. The minimum absolute atomic E-state index is 0.598. The topological polar surface area (TPSA) is 21.3 Å². The Balaban J connectivity index is 2.82. The van der Waals surface area contributed by atoms with Gasteiger partial charge in [0.2, 0.25) is 0 Å². The van der Waals surface area contributed by atoms with Crippen LogP contribution in [0.15, 0.2) is 0 Å². The van der Waals surface area contributed by atoms with Crippen molar-refractivity contribution in [3.05, 3.63) is 0 Å². The van der Waals surface area contributed by atoms with E-state index >= 15 is 0 Å². The molecule has 2 nitrogen and oxygen atoms in total. The lowest BCUT2D eigenvalue weighted by Crippen LogP contribution is -2.24. The molecule has 0 aliphatic heterocycles. The van der Waals surface area contributed by atoms with Crippen molar-refractivity contribution in [2.45, 2.75) is 46.1 Å². The van der Waals surface area contributed by atoms with Gasteiger partial charge in [-0.15, -0.1) is 0 Å². The van der Waals surface area contributed by atoms with Gasteiger partial charge in [0.1, 0.15) is 0 Å². The predicted molar refractivity (Wildman–Crippen MR) is 53.5 cm³/mol. The molecule has 0 heterocycles. The van der Waals surface area contributed by atoms with Gasteiger partial charge in [0.25, 0.3) is 0 Å². The maximum atomic E-state index is 5.42. The van der Waals surface area contributed by atoms with E-state index in [0.29, 0.717) is 6.04 Å². The van der Waals surface area contributed by atoms with Crippen LogP contribution in [0.5, 0.6) is 0 Å². The Morgan fingerprint density at radius 2 is 1.83 bits per heavy atom. The molecule has 12 heavy (non-hydrogen) atoms. The molecule has 0 aromatic carbocycles. The van der Waals surface area contributed by atoms with E-state index in [1.54, 1.807) is 0 Å². The van der Waals surface area contributed by atoms with Gasteiger partial charge in [-0.3, -0.25) is 0 Å². The molecular weight excluding hydrogens is 150 g/mol. The lowest BCUT2D eigenvalue weighted by Gasteiger charge is -2.07. The summed E-state index contributed by atoms with van der Waals surface area (Å²) in [5.74, 6) is 0. The zero-order chi connectivity index (χ0) is 9.23. The quantitative estimate of drug-likeness (QED) is 0.568. The van der Waals surface area contributed by atoms with Gasteiger partial charge in [0.05, 0.1) is 0 Å². The second-order valence-electron chi connectivity index (χ2n) is 3.43. The van der Waals surface area contributed by atoms with Gasteiger partial charge in [0.15, 0.2) is 0 Å². The third-order valence-corrected chi connectivity index (χ3v) is 1.66. The summed E-state index contributed by atoms with van der Waals surface area (Å²) in [5.41, 5.74) is 0. The molecule has 0 saturated heterocycles. The van der Waals surface area contributed by atoms with E-state index in [2.05, 4.69) is 26.1 Å². The maximum absolute atomic E-state index is 5.42. The number of rotatable bonds is 8. The fourth-order valence-electron chi connectivity index (χ4n) is 0.913. The van der Waals surface area contributed by atoms with Gasteiger partial charge in [-0.05, 0) is 19.4 Å². The summed E-state index contributed by atoms with van der Waals surface area (Å²) in [6.45, 7) is 9.42. The molecule has 0 rings (SSSR count). The van der Waals surface area contributed by atoms with Gasteiger partial charge in [-0.25, -0.2) is 0 Å². The summed E-state index contributed by atoms with van der Waals surface area (Å²) in [4.78, 5) is 0. The smallest absolute Gasteiger partial charge is 0.0478 e. The second-order valence-corrected chi connectivity index (χ2v) is 3.43. The van der Waals surface area contributed by atoms with Crippen molar-refractivity contribution in [1.82, 2.24) is 5.32 Å². The highest BCUT2D eigenvalue weighted by atomic mass is 16.5. The molecule has 0 aromatic rings. The molecule has 0 aliphatic rings. The van der Waals surface area contributed by atoms with Crippen molar-refractivity contribution < 1.29 is 4.74 Å². The summed E-state index contributed by atoms with van der Waals surface area (Å²) < 4.78 is 5.42. The monoisotopic (exact) mass is 173 g/mol. The Morgan fingerprint density at radius 1 is 1.17 bits per heavy atom. The standard InChI is InChI=1S/C10H23NO/c1-4-5-8-12-9-6-7-11-10(2)3/h10-11H,4-9H2,1-3H3. The lowest BCUT2D eigenvalue weighted by molar-refractivity contribution is 0.128. The van der Waals surface area contributed by atoms with Crippen LogP contribution in [0.2, 0.25) is 0 Å². The first-order valence-corrected chi connectivity index (χ1v) is 5.08. The van der Waals surface area contributed by atoms with Crippen LogP contribution in [0.1, 0.15) is 40.0 Å². The van der Waals surface area contributed by atoms with E-state index in [4.69, 9.17) is 4.74 Å². The summed E-state index contributed by atoms with van der Waals surface area (Å²) in [6, 6.07) is 0.598. The van der Waals surface area contributed by atoms with Gasteiger partial charge in [0, 0.05) is 19.3 Å². The first-order valence-electron chi connectivity index (χ1n) is 5.08. The van der Waals surface area contributed by atoms with Crippen LogP contribution in [-0.4, -0.2) is 25.8 Å². The highest BCUT2D eigenvalue weighted by Crippen LogP contribution is 1.89. The molecule has 0 atom stereocenters. The average molecular weight is 173 g/mol. The minimum Gasteiger partial charge on any atom is -0.381 e. The molecule has 1 N–H and O–H groups in total. The highest BCUT2D eigenvalue weighted by molar-refractivity contribution is 4.51. The van der Waals surface area contributed by atoms with Gasteiger partial charge >= 0.3 is 0 Å². The third-order valence-electron chi connectivity index (χ3n) is 1.66. The van der Waals surface area contributed by atoms with Crippen LogP contribution in [0.4, 0.5) is 0 Å². The Kier molecular flexibility index (Phi) is 8.95. The van der Waals surface area contributed by atoms with E-state index in [1.165, 1.54) is 12.8 Å². The van der Waals surface area contributed by atoms with Crippen molar-refractivity contribution >= 4 is 0 Å². The Hall–Kier alpha value is -0.0800. The third kappa shape index (κ3) is 9.92. The van der Waals surface area contributed by atoms with Crippen molar-refractivity contribution in [3.8, 4) is 0 Å². The van der Waals surface area contributed by atoms with E-state index in [0.717, 1.165) is 26.2 Å². The number of ether oxygens (including phenoxy) is 1. The van der Waals surface area contributed by atoms with Crippen LogP contribution >= 0.6 is 0 Å². The van der Waals surface area contributed by atoms with Crippen LogP contribution < -0.4 is 5.32 Å². The molecule has 0 aromatic heterocycles. The number of hydrogen-bond acceptors (Lipinski definition) is 2. The van der Waals surface area contributed by atoms with Crippen molar-refractivity contribution in [2.75, 3.05) is 19.8 Å². The molecular formula is C10H23NO. The first-order chi connectivity index (χ1) is 5.77. The highest BCUT2D eigenvalue weighted by Gasteiger charge is 1.91. The van der Waals surface area contributed by atoms with E-state index in [-0.39, 0.29) is 0 Å². The average Bonchev–Trinajstić information content (AvgIpc) is 2.02. The minimum atomic E-state index is 0.598. The number of nitrogens with one attached hydrogen (secondary N) is 1. The molecule has 0 spiro atoms. The maximum Gasteiger partial charge on any atom is 0.0478 e. The first kappa shape index (κ1) is 11.9. The van der Waals surface area contributed by atoms with Gasteiger partial charge in [-0.1, -0.05) is 27.2 Å². The Bertz CT molecular complexity index is 83.9. The number of unbranched alkanes of at least 4 members (excludes halogenated alkanes) is 1. The van der Waals surface area contributed by atoms with Crippen molar-refractivity contribution in [3.63, 3.8) is 0 Å². The molecule has 0 unspecified atom stereocenters. The zero-order valence-corrected chi connectivity index (χ0v) is 8.73. The van der Waals surface area contributed by atoms with E-state index < -0.39 is 0 Å². The summed E-state index contributed by atoms with van der Waals surface area (Å²) in [7, 11) is 0. The fraction of sp³-hybridized carbons (Fsp3) is 1.00. The Labute approximate surface area is 76.7 Å². The molecule has 0 fully saturated rings. The predicted octanol–water partition coefficient (Wildman–Crippen LogP) is 2.19. The van der Waals surface area contributed by atoms with Crippen LogP contribution in [0.25, 0.3) is 0 Å². The molecule has 0 amide bonds. The molecule has 0 radical (unpaired) electrons. The van der Waals surface area contributed by atoms with Gasteiger partial charge < -0.3 is 10.1 Å². The van der Waals surface area contributed by atoms with Crippen molar-refractivity contribution in [1.29, 1.82) is 0 Å². The molecule has 74 valence electrons. The summed E-state index contributed by atoms with van der Waals surface area (Å²) in [5, 5.41) is 3.36. The lowest BCUT2D eigenvalue weighted by atomic mass is 10.3. The number of hydrogen-bond donors (Lipinski definition) is 1. The molecule has 2 heteroatoms. The van der Waals surface area contributed by atoms with Gasteiger partial charge in [-0.2, -0.15) is 0 Å². The molecule has 0 saturated carbocycles. The van der Waals surface area contributed by atoms with Crippen LogP contribution in [-0.2, 0) is 4.74 Å². The van der Waals surface area contributed by atoms with Crippen molar-refractivity contribution in [2.24, 2.45) is 0 Å². The van der Waals surface area contributed by atoms with Crippen LogP contribution in [0, 0.1) is 0 Å². The van der Waals surface area contributed by atoms with E-state index in [9.17, 15) is 0 Å². The zero-order valence-electron chi connectivity index (χ0n) is 8.73. The summed E-state index contributed by atoms with van der Waals surface area (Å²) >= 11 is 0. The molecule has 0 bridgehead atoms. The second kappa shape index (κ2) is 9.01. The summed E-state index contributed by atoms with van der Waals surface area (Å²) in [6.07, 6.45) is 3.55. The van der Waals surface area contributed by atoms with Crippen LogP contribution in [0.3, 0.4) is 0 Å². The van der Waals surface area contributed by atoms with E-state index in [1.807, 2.05) is 0 Å². The fourth-order valence-corrected chi connectivity index (χ4v) is 0.913. The Morgan fingerprint density at radius 3 is 2.42 bits per heavy atom. The SMILES string of the molecule is CCCCOCCCNC(C)C.